The minimum Gasteiger partial charge on any atom is -0.377 e. The van der Waals surface area contributed by atoms with Gasteiger partial charge in [-0.25, -0.2) is 0 Å². The Morgan fingerprint density at radius 2 is 1.52 bits per heavy atom. The van der Waals surface area contributed by atoms with Crippen molar-refractivity contribution >= 4 is 0 Å². The fraction of sp³-hybridized carbons (Fsp3) is 0.538. The van der Waals surface area contributed by atoms with Gasteiger partial charge in [0.25, 0.3) is 0 Å². The third-order valence-corrected chi connectivity index (χ3v) is 5.19. The van der Waals surface area contributed by atoms with Crippen molar-refractivity contribution in [2.75, 3.05) is 6.61 Å². The summed E-state index contributed by atoms with van der Waals surface area (Å²) in [5.41, 5.74) is 3.74. The summed E-state index contributed by atoms with van der Waals surface area (Å²) in [6.45, 7) is 14.5. The van der Waals surface area contributed by atoms with Crippen molar-refractivity contribution in [3.8, 4) is 0 Å². The highest BCUT2D eigenvalue weighted by atomic mass is 16.5. The SMILES string of the molecule is C=C(/C=C\C(=C)C(CC)CC)CCCCCCCCOCc1ccccc1. The van der Waals surface area contributed by atoms with Gasteiger partial charge in [-0.05, 0) is 43.6 Å². The van der Waals surface area contributed by atoms with E-state index in [1.54, 1.807) is 0 Å². The molecule has 1 nitrogen and oxygen atoms in total. The number of unbranched alkanes of at least 4 members (excludes halogenated alkanes) is 5. The van der Waals surface area contributed by atoms with E-state index in [4.69, 9.17) is 4.74 Å². The molecule has 0 aliphatic carbocycles. The first-order valence-electron chi connectivity index (χ1n) is 10.8. The molecule has 0 saturated heterocycles. The van der Waals surface area contributed by atoms with E-state index in [-0.39, 0.29) is 0 Å². The number of benzene rings is 1. The Morgan fingerprint density at radius 1 is 0.889 bits per heavy atom. The van der Waals surface area contributed by atoms with Crippen LogP contribution in [0.5, 0.6) is 0 Å². The van der Waals surface area contributed by atoms with Crippen LogP contribution in [-0.2, 0) is 11.3 Å². The van der Waals surface area contributed by atoms with Gasteiger partial charge in [0.2, 0.25) is 0 Å². The molecule has 150 valence electrons. The standard InChI is InChI=1S/C26H40O/c1-5-26(6-2)24(4)20-19-23(3)16-12-9-7-8-10-15-21-27-22-25-17-13-11-14-18-25/h11,13-14,17-20,26H,3-10,12,15-16,21-22H2,1-2H3/b20-19-. The summed E-state index contributed by atoms with van der Waals surface area (Å²) in [6, 6.07) is 10.4. The van der Waals surface area contributed by atoms with Crippen LogP contribution in [-0.4, -0.2) is 6.61 Å². The lowest BCUT2D eigenvalue weighted by atomic mass is 9.94. The lowest BCUT2D eigenvalue weighted by Gasteiger charge is -2.12. The maximum Gasteiger partial charge on any atom is 0.0716 e. The van der Waals surface area contributed by atoms with Gasteiger partial charge in [-0.15, -0.1) is 0 Å². The van der Waals surface area contributed by atoms with Crippen molar-refractivity contribution in [3.05, 3.63) is 72.4 Å². The van der Waals surface area contributed by atoms with Gasteiger partial charge in [-0.1, -0.05) is 106 Å². The average Bonchev–Trinajstić information content (AvgIpc) is 2.69. The van der Waals surface area contributed by atoms with Gasteiger partial charge in [-0.2, -0.15) is 0 Å². The minimum absolute atomic E-state index is 0.616. The first-order valence-corrected chi connectivity index (χ1v) is 10.8. The molecule has 0 aliphatic rings. The number of hydrogen-bond donors (Lipinski definition) is 0. The zero-order valence-corrected chi connectivity index (χ0v) is 17.7. The van der Waals surface area contributed by atoms with Crippen molar-refractivity contribution < 1.29 is 4.74 Å². The summed E-state index contributed by atoms with van der Waals surface area (Å²) >= 11 is 0. The van der Waals surface area contributed by atoms with Crippen LogP contribution in [0, 0.1) is 5.92 Å². The van der Waals surface area contributed by atoms with Crippen LogP contribution < -0.4 is 0 Å². The summed E-state index contributed by atoms with van der Waals surface area (Å²) in [5.74, 6) is 0.616. The summed E-state index contributed by atoms with van der Waals surface area (Å²) in [4.78, 5) is 0. The number of allylic oxidation sites excluding steroid dienone is 4. The van der Waals surface area contributed by atoms with E-state index in [9.17, 15) is 0 Å². The van der Waals surface area contributed by atoms with Gasteiger partial charge >= 0.3 is 0 Å². The molecule has 0 N–H and O–H groups in total. The van der Waals surface area contributed by atoms with E-state index < -0.39 is 0 Å². The molecule has 0 amide bonds. The second kappa shape index (κ2) is 15.5. The maximum atomic E-state index is 5.73. The summed E-state index contributed by atoms with van der Waals surface area (Å²) < 4.78 is 5.73. The zero-order valence-electron chi connectivity index (χ0n) is 17.7. The van der Waals surface area contributed by atoms with Gasteiger partial charge in [0.15, 0.2) is 0 Å². The molecule has 0 radical (unpaired) electrons. The highest BCUT2D eigenvalue weighted by molar-refractivity contribution is 5.25. The lowest BCUT2D eigenvalue weighted by Crippen LogP contribution is -1.97. The highest BCUT2D eigenvalue weighted by Crippen LogP contribution is 2.19. The Labute approximate surface area is 168 Å². The smallest absolute Gasteiger partial charge is 0.0716 e. The number of ether oxygens (including phenoxy) is 1. The van der Waals surface area contributed by atoms with Gasteiger partial charge in [0, 0.05) is 6.61 Å². The Bertz CT molecular complexity index is 537. The predicted molar refractivity (Wildman–Crippen MR) is 120 cm³/mol. The van der Waals surface area contributed by atoms with Gasteiger partial charge in [0.05, 0.1) is 6.61 Å². The monoisotopic (exact) mass is 368 g/mol. The third-order valence-electron chi connectivity index (χ3n) is 5.19. The van der Waals surface area contributed by atoms with Crippen LogP contribution in [0.4, 0.5) is 0 Å². The van der Waals surface area contributed by atoms with Gasteiger partial charge in [-0.3, -0.25) is 0 Å². The Kier molecular flexibility index (Phi) is 13.4. The van der Waals surface area contributed by atoms with E-state index >= 15 is 0 Å². The lowest BCUT2D eigenvalue weighted by molar-refractivity contribution is 0.116. The number of hydrogen-bond acceptors (Lipinski definition) is 1. The topological polar surface area (TPSA) is 9.23 Å². The van der Waals surface area contributed by atoms with E-state index in [0.717, 1.165) is 19.6 Å². The molecular formula is C26H40O. The predicted octanol–water partition coefficient (Wildman–Crippen LogP) is 8.04. The van der Waals surface area contributed by atoms with Crippen LogP contribution in [0.2, 0.25) is 0 Å². The summed E-state index contributed by atoms with van der Waals surface area (Å²) in [7, 11) is 0. The van der Waals surface area contributed by atoms with Crippen molar-refractivity contribution in [1.82, 2.24) is 0 Å². The first-order chi connectivity index (χ1) is 13.2. The molecule has 1 aromatic carbocycles. The third kappa shape index (κ3) is 11.7. The zero-order chi connectivity index (χ0) is 19.7. The average molecular weight is 369 g/mol. The van der Waals surface area contributed by atoms with Crippen molar-refractivity contribution in [1.29, 1.82) is 0 Å². The maximum absolute atomic E-state index is 5.73. The Morgan fingerprint density at radius 3 is 2.19 bits per heavy atom. The molecular weight excluding hydrogens is 328 g/mol. The van der Waals surface area contributed by atoms with Gasteiger partial charge < -0.3 is 4.74 Å². The normalized spacial score (nSPS) is 11.4. The van der Waals surface area contributed by atoms with Crippen molar-refractivity contribution in [2.45, 2.75) is 78.2 Å². The van der Waals surface area contributed by atoms with E-state index in [0.29, 0.717) is 5.92 Å². The molecule has 0 bridgehead atoms. The van der Waals surface area contributed by atoms with Crippen LogP contribution in [0.25, 0.3) is 0 Å². The van der Waals surface area contributed by atoms with Crippen LogP contribution in [0.1, 0.15) is 77.2 Å². The fourth-order valence-corrected chi connectivity index (χ4v) is 3.28. The van der Waals surface area contributed by atoms with E-state index in [2.05, 4.69) is 63.4 Å². The summed E-state index contributed by atoms with van der Waals surface area (Å²) in [6.07, 6.45) is 15.4. The van der Waals surface area contributed by atoms with E-state index in [1.165, 1.54) is 68.1 Å². The van der Waals surface area contributed by atoms with Crippen LogP contribution >= 0.6 is 0 Å². The molecule has 0 saturated carbocycles. The van der Waals surface area contributed by atoms with E-state index in [1.807, 2.05) is 6.07 Å². The Hall–Kier alpha value is -1.60. The minimum atomic E-state index is 0.616. The molecule has 1 aromatic rings. The molecule has 0 aliphatic heterocycles. The fourth-order valence-electron chi connectivity index (χ4n) is 3.28. The molecule has 1 heteroatoms. The van der Waals surface area contributed by atoms with Crippen LogP contribution in [0.3, 0.4) is 0 Å². The second-order valence-electron chi connectivity index (χ2n) is 7.49. The largest absolute Gasteiger partial charge is 0.377 e. The molecule has 0 unspecified atom stereocenters. The molecule has 0 fully saturated rings. The Balaban J connectivity index is 1.94. The summed E-state index contributed by atoms with van der Waals surface area (Å²) in [5, 5.41) is 0. The molecule has 0 spiro atoms. The highest BCUT2D eigenvalue weighted by Gasteiger charge is 2.04. The molecule has 0 heterocycles. The van der Waals surface area contributed by atoms with Crippen molar-refractivity contribution in [2.24, 2.45) is 5.92 Å². The molecule has 27 heavy (non-hydrogen) atoms. The van der Waals surface area contributed by atoms with Gasteiger partial charge in [0.1, 0.15) is 0 Å². The molecule has 0 aromatic heterocycles. The molecule has 0 atom stereocenters. The van der Waals surface area contributed by atoms with Crippen LogP contribution in [0.15, 0.2) is 66.8 Å². The first kappa shape index (κ1) is 23.4. The van der Waals surface area contributed by atoms with Crippen molar-refractivity contribution in [3.63, 3.8) is 0 Å². The second-order valence-corrected chi connectivity index (χ2v) is 7.49. The number of rotatable bonds is 16. The quantitative estimate of drug-likeness (QED) is 0.212. The molecule has 1 rings (SSSR count).